The Morgan fingerprint density at radius 1 is 1.31 bits per heavy atom. The minimum Gasteiger partial charge on any atom is -0.460 e. The van der Waals surface area contributed by atoms with E-state index in [4.69, 9.17) is 4.74 Å². The van der Waals surface area contributed by atoms with Crippen molar-refractivity contribution in [2.45, 2.75) is 16.9 Å². The number of ether oxygens (including phenoxy) is 1. The third-order valence-electron chi connectivity index (χ3n) is 3.54. The van der Waals surface area contributed by atoms with Crippen LogP contribution in [0.25, 0.3) is 0 Å². The highest BCUT2D eigenvalue weighted by molar-refractivity contribution is 8.20. The fourth-order valence-electron chi connectivity index (χ4n) is 2.36. The highest BCUT2D eigenvalue weighted by atomic mass is 32.2. The lowest BCUT2D eigenvalue weighted by Gasteiger charge is -2.13. The Morgan fingerprint density at radius 2 is 2.08 bits per heavy atom. The Hall–Kier alpha value is -2.26. The second-order valence-electron chi connectivity index (χ2n) is 5.50. The smallest absolute Gasteiger partial charge is 0.350 e. The van der Waals surface area contributed by atoms with Gasteiger partial charge in [-0.2, -0.15) is 4.98 Å². The molecule has 3 rings (SSSR count). The largest absolute Gasteiger partial charge is 0.460 e. The van der Waals surface area contributed by atoms with Crippen LogP contribution in [0.4, 0.5) is 5.82 Å². The summed E-state index contributed by atoms with van der Waals surface area (Å²) in [5.41, 5.74) is 0.0994. The summed E-state index contributed by atoms with van der Waals surface area (Å²) >= 11 is 3.19. The van der Waals surface area contributed by atoms with Crippen molar-refractivity contribution in [3.63, 3.8) is 0 Å². The maximum absolute atomic E-state index is 12.2. The molecule has 26 heavy (non-hydrogen) atoms. The Kier molecular flexibility index (Phi) is 6.00. The number of rotatable bonds is 5. The first-order valence-corrected chi connectivity index (χ1v) is 9.88. The summed E-state index contributed by atoms with van der Waals surface area (Å²) in [7, 11) is 0. The number of benzene rings is 1. The molecule has 1 aromatic heterocycles. The second-order valence-corrected chi connectivity index (χ2v) is 8.42. The normalized spacial score (nSPS) is 19.1. The van der Waals surface area contributed by atoms with Crippen molar-refractivity contribution in [3.8, 4) is 0 Å². The van der Waals surface area contributed by atoms with Gasteiger partial charge in [-0.1, -0.05) is 18.2 Å². The fourth-order valence-corrected chi connectivity index (χ4v) is 5.34. The van der Waals surface area contributed by atoms with E-state index in [1.54, 1.807) is 60.1 Å². The van der Waals surface area contributed by atoms with Gasteiger partial charge >= 0.3 is 11.7 Å². The summed E-state index contributed by atoms with van der Waals surface area (Å²) in [6.07, 6.45) is 1.62. The third kappa shape index (κ3) is 4.67. The first-order valence-electron chi connectivity index (χ1n) is 7.89. The number of nitrogens with one attached hydrogen (secondary N) is 1. The van der Waals surface area contributed by atoms with Gasteiger partial charge in [-0.15, -0.1) is 23.5 Å². The van der Waals surface area contributed by atoms with Crippen molar-refractivity contribution in [2.24, 2.45) is 0 Å². The average molecular weight is 391 g/mol. The van der Waals surface area contributed by atoms with E-state index < -0.39 is 5.69 Å². The molecule has 1 aliphatic rings. The molecule has 1 amide bonds. The molecule has 1 N–H and O–H groups in total. The highest BCUT2D eigenvalue weighted by Crippen LogP contribution is 2.43. The molecule has 0 spiro atoms. The maximum Gasteiger partial charge on any atom is 0.350 e. The van der Waals surface area contributed by atoms with E-state index >= 15 is 0 Å². The molecule has 2 atom stereocenters. The van der Waals surface area contributed by atoms with Crippen LogP contribution in [0.1, 0.15) is 22.7 Å². The molecular weight excluding hydrogens is 374 g/mol. The lowest BCUT2D eigenvalue weighted by Crippen LogP contribution is -2.26. The molecule has 0 radical (unpaired) electrons. The number of carbonyl (C=O) groups is 2. The van der Waals surface area contributed by atoms with Crippen LogP contribution in [-0.4, -0.2) is 38.4 Å². The minimum absolute atomic E-state index is 0.0505. The lowest BCUT2D eigenvalue weighted by atomic mass is 10.2. The highest BCUT2D eigenvalue weighted by Gasteiger charge is 2.29. The van der Waals surface area contributed by atoms with Crippen LogP contribution < -0.4 is 11.0 Å². The molecule has 0 aliphatic carbocycles. The van der Waals surface area contributed by atoms with Gasteiger partial charge < -0.3 is 10.1 Å². The van der Waals surface area contributed by atoms with Crippen molar-refractivity contribution in [2.75, 3.05) is 17.7 Å². The number of thioether (sulfide) groups is 2. The third-order valence-corrected chi connectivity index (χ3v) is 6.65. The number of amides is 1. The number of anilines is 1. The van der Waals surface area contributed by atoms with Gasteiger partial charge in [0.2, 0.25) is 5.91 Å². The molecule has 1 aliphatic heterocycles. The van der Waals surface area contributed by atoms with Gasteiger partial charge in [-0.25, -0.2) is 9.59 Å². The van der Waals surface area contributed by atoms with Gasteiger partial charge in [-0.3, -0.25) is 9.36 Å². The van der Waals surface area contributed by atoms with E-state index in [-0.39, 0.29) is 34.3 Å². The predicted molar refractivity (Wildman–Crippen MR) is 102 cm³/mol. The summed E-state index contributed by atoms with van der Waals surface area (Å²) in [5, 5.41) is 2.40. The Bertz CT molecular complexity index is 857. The van der Waals surface area contributed by atoms with Gasteiger partial charge in [0.25, 0.3) is 0 Å². The first-order chi connectivity index (χ1) is 12.5. The van der Waals surface area contributed by atoms with E-state index in [1.165, 1.54) is 11.5 Å². The van der Waals surface area contributed by atoms with E-state index in [2.05, 4.69) is 10.3 Å². The SMILES string of the molecule is CC(=O)Nc1ccn([C@@H]2CS[C@H](COC(=O)c3ccccc3)S2)c(=O)n1. The molecule has 136 valence electrons. The van der Waals surface area contributed by atoms with E-state index in [1.807, 2.05) is 6.07 Å². The van der Waals surface area contributed by atoms with Crippen LogP contribution in [0.5, 0.6) is 0 Å². The second kappa shape index (κ2) is 8.41. The van der Waals surface area contributed by atoms with E-state index in [0.29, 0.717) is 11.3 Å². The zero-order valence-corrected chi connectivity index (χ0v) is 15.6. The Labute approximate surface area is 158 Å². The molecule has 1 saturated heterocycles. The van der Waals surface area contributed by atoms with Crippen LogP contribution in [0.2, 0.25) is 0 Å². The van der Waals surface area contributed by atoms with Gasteiger partial charge in [0.05, 0.1) is 15.5 Å². The minimum atomic E-state index is -0.420. The zero-order chi connectivity index (χ0) is 18.5. The Morgan fingerprint density at radius 3 is 2.77 bits per heavy atom. The summed E-state index contributed by atoms with van der Waals surface area (Å²) in [4.78, 5) is 39.0. The fraction of sp³-hybridized carbons (Fsp3) is 0.294. The van der Waals surface area contributed by atoms with E-state index in [0.717, 1.165) is 0 Å². The molecule has 0 unspecified atom stereocenters. The van der Waals surface area contributed by atoms with Crippen molar-refractivity contribution in [1.29, 1.82) is 0 Å². The number of hydrogen-bond donors (Lipinski definition) is 1. The zero-order valence-electron chi connectivity index (χ0n) is 14.0. The molecular formula is C17H17N3O4S2. The molecule has 1 fully saturated rings. The topological polar surface area (TPSA) is 90.3 Å². The lowest BCUT2D eigenvalue weighted by molar-refractivity contribution is -0.114. The number of nitrogens with zero attached hydrogens (tertiary/aromatic N) is 2. The predicted octanol–water partition coefficient (Wildman–Crippen LogP) is 2.36. The van der Waals surface area contributed by atoms with Crippen LogP contribution in [0.15, 0.2) is 47.4 Å². The van der Waals surface area contributed by atoms with Crippen LogP contribution in [0, 0.1) is 0 Å². The van der Waals surface area contributed by atoms with Gasteiger partial charge in [-0.05, 0) is 18.2 Å². The first kappa shape index (κ1) is 18.5. The quantitative estimate of drug-likeness (QED) is 0.783. The number of carbonyl (C=O) groups excluding carboxylic acids is 2. The monoisotopic (exact) mass is 391 g/mol. The number of hydrogen-bond acceptors (Lipinski definition) is 7. The summed E-state index contributed by atoms with van der Waals surface area (Å²) < 4.78 is 6.94. The number of esters is 1. The molecule has 2 heterocycles. The van der Waals surface area contributed by atoms with Gasteiger partial charge in [0, 0.05) is 18.9 Å². The molecule has 1 aromatic carbocycles. The number of aromatic nitrogens is 2. The summed E-state index contributed by atoms with van der Waals surface area (Å²) in [6.45, 7) is 1.63. The van der Waals surface area contributed by atoms with Crippen molar-refractivity contribution < 1.29 is 14.3 Å². The van der Waals surface area contributed by atoms with Crippen LogP contribution in [0.3, 0.4) is 0 Å². The summed E-state index contributed by atoms with van der Waals surface area (Å²) in [5.74, 6) is 0.316. The summed E-state index contributed by atoms with van der Waals surface area (Å²) in [6, 6.07) is 10.4. The van der Waals surface area contributed by atoms with E-state index in [9.17, 15) is 14.4 Å². The van der Waals surface area contributed by atoms with Gasteiger partial charge in [0.15, 0.2) is 0 Å². The van der Waals surface area contributed by atoms with Gasteiger partial charge in [0.1, 0.15) is 12.4 Å². The van der Waals surface area contributed by atoms with Crippen molar-refractivity contribution in [1.82, 2.24) is 9.55 Å². The van der Waals surface area contributed by atoms with Crippen LogP contribution in [-0.2, 0) is 9.53 Å². The molecule has 7 nitrogen and oxygen atoms in total. The molecule has 0 bridgehead atoms. The maximum atomic E-state index is 12.2. The average Bonchev–Trinajstić information content (AvgIpc) is 3.08. The molecule has 9 heteroatoms. The Balaban J connectivity index is 1.56. The van der Waals surface area contributed by atoms with Crippen molar-refractivity contribution in [3.05, 3.63) is 58.6 Å². The van der Waals surface area contributed by atoms with Crippen molar-refractivity contribution >= 4 is 41.2 Å². The molecule has 0 saturated carbocycles. The molecule has 2 aromatic rings. The van der Waals surface area contributed by atoms with Crippen LogP contribution >= 0.6 is 23.5 Å². The standard InChI is InChI=1S/C17H17N3O4S2/c1-11(21)18-13-7-8-20(17(23)19-13)14-10-25-15(26-14)9-24-16(22)12-5-3-2-4-6-12/h2-8,14-15H,9-10H2,1H3,(H,18,19,21,23)/t14-,15-/m0/s1.